The molecule has 0 saturated carbocycles. The van der Waals surface area contributed by atoms with E-state index in [4.69, 9.17) is 5.73 Å². The number of carbonyl (C=O) groups is 2. The maximum atomic E-state index is 12.6. The van der Waals surface area contributed by atoms with E-state index in [0.29, 0.717) is 18.7 Å². The molecule has 0 aliphatic rings. The van der Waals surface area contributed by atoms with Crippen molar-refractivity contribution in [3.8, 4) is 0 Å². The molecule has 2 atom stereocenters. The number of hydrogen-bond donors (Lipinski definition) is 3. The van der Waals surface area contributed by atoms with Gasteiger partial charge in [-0.25, -0.2) is 0 Å². The first-order chi connectivity index (χ1) is 11.6. The Morgan fingerprint density at radius 3 is 2.17 bits per heavy atom. The van der Waals surface area contributed by atoms with Gasteiger partial charge in [0, 0.05) is 12.1 Å². The molecule has 5 heteroatoms. The van der Waals surface area contributed by atoms with Crippen LogP contribution < -0.4 is 16.4 Å². The molecule has 0 bridgehead atoms. The van der Waals surface area contributed by atoms with Crippen LogP contribution >= 0.6 is 0 Å². The Labute approximate surface area is 142 Å². The summed E-state index contributed by atoms with van der Waals surface area (Å²) in [5.41, 5.74) is 6.83. The lowest BCUT2D eigenvalue weighted by Gasteiger charge is -2.20. The van der Waals surface area contributed by atoms with Crippen LogP contribution in [0.1, 0.15) is 28.9 Å². The average Bonchev–Trinajstić information content (AvgIpc) is 2.65. The highest BCUT2D eigenvalue weighted by molar-refractivity contribution is 5.97. The molecule has 2 unspecified atom stereocenters. The van der Waals surface area contributed by atoms with Gasteiger partial charge in [0.25, 0.3) is 5.91 Å². The molecule has 0 aromatic heterocycles. The number of amides is 2. The normalized spacial score (nSPS) is 12.9. The first kappa shape index (κ1) is 17.7. The summed E-state index contributed by atoms with van der Waals surface area (Å²) in [5.74, 6) is -0.354. The molecule has 4 N–H and O–H groups in total. The zero-order chi connectivity index (χ0) is 17.4. The monoisotopic (exact) mass is 325 g/mol. The van der Waals surface area contributed by atoms with Crippen molar-refractivity contribution < 1.29 is 9.59 Å². The van der Waals surface area contributed by atoms with Crippen molar-refractivity contribution in [2.75, 3.05) is 13.1 Å². The van der Waals surface area contributed by atoms with Gasteiger partial charge in [0.05, 0.1) is 0 Å². The number of nitrogens with two attached hydrogens (primary N) is 1. The van der Waals surface area contributed by atoms with Gasteiger partial charge in [-0.2, -0.15) is 0 Å². The second kappa shape index (κ2) is 8.84. The molecule has 2 amide bonds. The maximum Gasteiger partial charge on any atom is 0.252 e. The van der Waals surface area contributed by atoms with Crippen molar-refractivity contribution in [3.05, 3.63) is 71.8 Å². The van der Waals surface area contributed by atoms with E-state index >= 15 is 0 Å². The van der Waals surface area contributed by atoms with Gasteiger partial charge in [0.1, 0.15) is 6.04 Å². The molecule has 0 fully saturated rings. The molecule has 126 valence electrons. The molecule has 24 heavy (non-hydrogen) atoms. The van der Waals surface area contributed by atoms with Crippen molar-refractivity contribution in [3.63, 3.8) is 0 Å². The fraction of sp³-hybridized carbons (Fsp3) is 0.263. The summed E-state index contributed by atoms with van der Waals surface area (Å²) in [4.78, 5) is 25.0. The molecular formula is C19H23N3O2. The van der Waals surface area contributed by atoms with Crippen molar-refractivity contribution in [1.82, 2.24) is 10.6 Å². The zero-order valence-electron chi connectivity index (χ0n) is 13.7. The lowest BCUT2D eigenvalue weighted by Crippen LogP contribution is -2.42. The van der Waals surface area contributed by atoms with Crippen molar-refractivity contribution >= 4 is 11.8 Å². The largest absolute Gasteiger partial charge is 0.354 e. The molecule has 0 aliphatic carbocycles. The SMILES string of the molecule is CC(CN)CNC(=O)C(NC(=O)c1ccccc1)c1ccccc1. The number of rotatable bonds is 7. The summed E-state index contributed by atoms with van der Waals surface area (Å²) in [6.07, 6.45) is 0. The maximum absolute atomic E-state index is 12.6. The van der Waals surface area contributed by atoms with Gasteiger partial charge in [-0.15, -0.1) is 0 Å². The topological polar surface area (TPSA) is 84.2 Å². The third kappa shape index (κ3) is 4.93. The Hall–Kier alpha value is -2.66. The van der Waals surface area contributed by atoms with Crippen molar-refractivity contribution in [1.29, 1.82) is 0 Å². The van der Waals surface area contributed by atoms with Crippen LogP contribution in [0.25, 0.3) is 0 Å². The van der Waals surface area contributed by atoms with Crippen LogP contribution in [0.15, 0.2) is 60.7 Å². The van der Waals surface area contributed by atoms with Gasteiger partial charge in [0.15, 0.2) is 0 Å². The van der Waals surface area contributed by atoms with Gasteiger partial charge in [-0.1, -0.05) is 55.5 Å². The second-order valence-corrected chi connectivity index (χ2v) is 5.77. The first-order valence-electron chi connectivity index (χ1n) is 8.00. The number of hydrogen-bond acceptors (Lipinski definition) is 3. The lowest BCUT2D eigenvalue weighted by atomic mass is 10.0. The first-order valence-corrected chi connectivity index (χ1v) is 8.00. The molecule has 0 radical (unpaired) electrons. The highest BCUT2D eigenvalue weighted by Crippen LogP contribution is 2.14. The lowest BCUT2D eigenvalue weighted by molar-refractivity contribution is -0.123. The Balaban J connectivity index is 2.14. The number of nitrogens with one attached hydrogen (secondary N) is 2. The van der Waals surface area contributed by atoms with Gasteiger partial charge in [0.2, 0.25) is 5.91 Å². The predicted molar refractivity (Wildman–Crippen MR) is 94.3 cm³/mol. The molecule has 2 aromatic rings. The van der Waals surface area contributed by atoms with E-state index in [2.05, 4.69) is 10.6 Å². The van der Waals surface area contributed by atoms with Gasteiger partial charge < -0.3 is 16.4 Å². The van der Waals surface area contributed by atoms with Crippen LogP contribution in [0, 0.1) is 5.92 Å². The van der Waals surface area contributed by atoms with E-state index in [1.807, 2.05) is 43.3 Å². The van der Waals surface area contributed by atoms with Gasteiger partial charge in [-0.05, 0) is 30.2 Å². The summed E-state index contributed by atoms with van der Waals surface area (Å²) < 4.78 is 0. The quantitative estimate of drug-likeness (QED) is 0.726. The molecule has 2 aromatic carbocycles. The fourth-order valence-corrected chi connectivity index (χ4v) is 2.21. The third-order valence-electron chi connectivity index (χ3n) is 3.73. The third-order valence-corrected chi connectivity index (χ3v) is 3.73. The van der Waals surface area contributed by atoms with E-state index in [9.17, 15) is 9.59 Å². The summed E-state index contributed by atoms with van der Waals surface area (Å²) in [5, 5.41) is 5.66. The van der Waals surface area contributed by atoms with Crippen molar-refractivity contribution in [2.24, 2.45) is 11.7 Å². The van der Waals surface area contributed by atoms with Gasteiger partial charge >= 0.3 is 0 Å². The Kier molecular flexibility index (Phi) is 6.51. The Bertz CT molecular complexity index is 659. The minimum atomic E-state index is -0.746. The van der Waals surface area contributed by atoms with E-state index in [1.165, 1.54) is 0 Å². The molecule has 2 rings (SSSR count). The molecule has 0 saturated heterocycles. The summed E-state index contributed by atoms with van der Waals surface area (Å²) in [6, 6.07) is 17.3. The number of carbonyl (C=O) groups excluding carboxylic acids is 2. The summed E-state index contributed by atoms with van der Waals surface area (Å²) in [7, 11) is 0. The molecule has 0 aliphatic heterocycles. The Morgan fingerprint density at radius 1 is 1.00 bits per heavy atom. The fourth-order valence-electron chi connectivity index (χ4n) is 2.21. The van der Waals surface area contributed by atoms with E-state index < -0.39 is 6.04 Å². The summed E-state index contributed by atoms with van der Waals surface area (Å²) in [6.45, 7) is 2.92. The Morgan fingerprint density at radius 2 is 1.58 bits per heavy atom. The molecule has 0 heterocycles. The van der Waals surface area contributed by atoms with E-state index in [-0.39, 0.29) is 17.7 Å². The van der Waals surface area contributed by atoms with Crippen LogP contribution in [0.4, 0.5) is 0 Å². The predicted octanol–water partition coefficient (Wildman–Crippen LogP) is 1.87. The van der Waals surface area contributed by atoms with Crippen molar-refractivity contribution in [2.45, 2.75) is 13.0 Å². The van der Waals surface area contributed by atoms with Crippen LogP contribution in [0.5, 0.6) is 0 Å². The minimum absolute atomic E-state index is 0.176. The second-order valence-electron chi connectivity index (χ2n) is 5.77. The molecule has 5 nitrogen and oxygen atoms in total. The smallest absolute Gasteiger partial charge is 0.252 e. The zero-order valence-corrected chi connectivity index (χ0v) is 13.7. The minimum Gasteiger partial charge on any atom is -0.354 e. The van der Waals surface area contributed by atoms with Crippen LogP contribution in [-0.4, -0.2) is 24.9 Å². The van der Waals surface area contributed by atoms with Gasteiger partial charge in [-0.3, -0.25) is 9.59 Å². The van der Waals surface area contributed by atoms with Crippen LogP contribution in [0.2, 0.25) is 0 Å². The highest BCUT2D eigenvalue weighted by atomic mass is 16.2. The molecule has 0 spiro atoms. The average molecular weight is 325 g/mol. The van der Waals surface area contributed by atoms with E-state index in [1.54, 1.807) is 24.3 Å². The van der Waals surface area contributed by atoms with E-state index in [0.717, 1.165) is 5.56 Å². The molecular weight excluding hydrogens is 302 g/mol. The standard InChI is InChI=1S/C19H23N3O2/c1-14(12-20)13-21-19(24)17(15-8-4-2-5-9-15)22-18(23)16-10-6-3-7-11-16/h2-11,14,17H,12-13,20H2,1H3,(H,21,24)(H,22,23). The summed E-state index contributed by atoms with van der Waals surface area (Å²) >= 11 is 0. The van der Waals surface area contributed by atoms with Crippen LogP contribution in [0.3, 0.4) is 0 Å². The number of benzene rings is 2. The highest BCUT2D eigenvalue weighted by Gasteiger charge is 2.23. The van der Waals surface area contributed by atoms with Crippen LogP contribution in [-0.2, 0) is 4.79 Å².